The van der Waals surface area contributed by atoms with E-state index >= 15 is 0 Å². The molecule has 2 heterocycles. The van der Waals surface area contributed by atoms with Gasteiger partial charge in [-0.1, -0.05) is 30.3 Å². The number of carbonyl (C=O) groups excluding carboxylic acids is 1. The Morgan fingerprint density at radius 2 is 1.90 bits per heavy atom. The second-order valence-corrected chi connectivity index (χ2v) is 7.44. The van der Waals surface area contributed by atoms with E-state index < -0.39 is 36.6 Å². The zero-order valence-electron chi connectivity index (χ0n) is 16.2. The number of amides is 1. The first-order chi connectivity index (χ1) is 14.3. The highest BCUT2D eigenvalue weighted by Gasteiger charge is 2.44. The molecule has 0 aliphatic carbocycles. The van der Waals surface area contributed by atoms with Crippen LogP contribution in [-0.2, 0) is 10.2 Å². The maximum absolute atomic E-state index is 13.1. The number of nitriles is 1. The number of nitrogens with zero attached hydrogens (tertiary/aromatic N) is 3. The standard InChI is InChI=1S/C21H21F3N4O2/c1-28-11-21(10-25,12-28)17-7-6-15(9-26-17)13-2-4-14(5-3-13)18(29)16(8-22)27-20(30)19(23)24/h2-7,9,16,18-19,29H,8,11-12H2,1H3,(H,27,30)/t16-,18+/m1/s1. The Balaban J connectivity index is 1.72. The molecule has 2 aromatic rings. The van der Waals surface area contributed by atoms with E-state index in [0.29, 0.717) is 18.8 Å². The second-order valence-electron chi connectivity index (χ2n) is 7.44. The van der Waals surface area contributed by atoms with Crippen LogP contribution in [0.5, 0.6) is 0 Å². The number of aliphatic hydroxyl groups excluding tert-OH is 1. The lowest BCUT2D eigenvalue weighted by Gasteiger charge is -2.42. The van der Waals surface area contributed by atoms with Crippen LogP contribution in [0.25, 0.3) is 11.1 Å². The number of pyridine rings is 1. The van der Waals surface area contributed by atoms with Gasteiger partial charge in [-0.2, -0.15) is 14.0 Å². The Labute approximate surface area is 172 Å². The molecular weight excluding hydrogens is 397 g/mol. The van der Waals surface area contributed by atoms with Crippen molar-refractivity contribution in [3.8, 4) is 17.2 Å². The normalized spacial score (nSPS) is 17.6. The molecule has 1 fully saturated rings. The summed E-state index contributed by atoms with van der Waals surface area (Å²) in [5.74, 6) is -1.63. The van der Waals surface area contributed by atoms with Crippen molar-refractivity contribution in [2.75, 3.05) is 26.8 Å². The van der Waals surface area contributed by atoms with Crippen LogP contribution in [0.4, 0.5) is 13.2 Å². The first-order valence-electron chi connectivity index (χ1n) is 9.29. The number of likely N-dealkylation sites (tertiary alicyclic amines) is 1. The van der Waals surface area contributed by atoms with E-state index in [1.54, 1.807) is 23.6 Å². The average Bonchev–Trinajstić information content (AvgIpc) is 2.74. The number of benzene rings is 1. The van der Waals surface area contributed by atoms with Crippen LogP contribution < -0.4 is 5.32 Å². The smallest absolute Gasteiger partial charge is 0.315 e. The van der Waals surface area contributed by atoms with Gasteiger partial charge in [0.15, 0.2) is 0 Å². The Kier molecular flexibility index (Phi) is 6.39. The fraction of sp³-hybridized carbons (Fsp3) is 0.381. The SMILES string of the molecule is CN1CC(C#N)(c2ccc(-c3ccc([C@H](O)[C@@H](CF)NC(=O)C(F)F)cc3)cn2)C1. The molecule has 1 saturated heterocycles. The highest BCUT2D eigenvalue weighted by Crippen LogP contribution is 2.32. The molecule has 9 heteroatoms. The lowest BCUT2D eigenvalue weighted by atomic mass is 9.78. The summed E-state index contributed by atoms with van der Waals surface area (Å²) in [6, 6.07) is 10.9. The largest absolute Gasteiger partial charge is 0.386 e. The first kappa shape index (κ1) is 21.7. The van der Waals surface area contributed by atoms with Crippen LogP contribution in [0.2, 0.25) is 0 Å². The number of halogens is 3. The minimum atomic E-state index is -3.29. The maximum Gasteiger partial charge on any atom is 0.315 e. The number of alkyl halides is 3. The Morgan fingerprint density at radius 3 is 2.37 bits per heavy atom. The van der Waals surface area contributed by atoms with Gasteiger partial charge in [-0.3, -0.25) is 9.78 Å². The number of hydrogen-bond donors (Lipinski definition) is 2. The molecule has 0 spiro atoms. The van der Waals surface area contributed by atoms with Gasteiger partial charge in [-0.25, -0.2) is 4.39 Å². The fourth-order valence-electron chi connectivity index (χ4n) is 3.57. The molecule has 1 aliphatic rings. The maximum atomic E-state index is 13.1. The third-order valence-electron chi connectivity index (χ3n) is 5.21. The molecule has 1 amide bonds. The molecule has 158 valence electrons. The lowest BCUT2D eigenvalue weighted by Crippen LogP contribution is -2.56. The third-order valence-corrected chi connectivity index (χ3v) is 5.21. The van der Waals surface area contributed by atoms with E-state index in [9.17, 15) is 28.3 Å². The predicted molar refractivity (Wildman–Crippen MR) is 103 cm³/mol. The fourth-order valence-corrected chi connectivity index (χ4v) is 3.57. The third kappa shape index (κ3) is 4.30. The van der Waals surface area contributed by atoms with Crippen LogP contribution in [0.1, 0.15) is 17.4 Å². The monoisotopic (exact) mass is 418 g/mol. The van der Waals surface area contributed by atoms with Crippen LogP contribution >= 0.6 is 0 Å². The minimum absolute atomic E-state index is 0.279. The van der Waals surface area contributed by atoms with Crippen molar-refractivity contribution in [2.24, 2.45) is 0 Å². The summed E-state index contributed by atoms with van der Waals surface area (Å²) in [4.78, 5) is 17.6. The highest BCUT2D eigenvalue weighted by molar-refractivity contribution is 5.79. The Hall–Kier alpha value is -2.96. The van der Waals surface area contributed by atoms with E-state index in [4.69, 9.17) is 0 Å². The average molecular weight is 418 g/mol. The van der Waals surface area contributed by atoms with Crippen LogP contribution in [0, 0.1) is 11.3 Å². The summed E-state index contributed by atoms with van der Waals surface area (Å²) >= 11 is 0. The molecule has 0 bridgehead atoms. The molecule has 1 aromatic carbocycles. The Bertz CT molecular complexity index is 923. The van der Waals surface area contributed by atoms with Gasteiger partial charge in [-0.05, 0) is 24.2 Å². The summed E-state index contributed by atoms with van der Waals surface area (Å²) in [7, 11) is 1.94. The molecule has 6 nitrogen and oxygen atoms in total. The summed E-state index contributed by atoms with van der Waals surface area (Å²) in [6.07, 6.45) is -3.10. The molecule has 2 N–H and O–H groups in total. The van der Waals surface area contributed by atoms with E-state index in [0.717, 1.165) is 11.1 Å². The quantitative estimate of drug-likeness (QED) is 0.720. The van der Waals surface area contributed by atoms with Gasteiger partial charge in [-0.15, -0.1) is 0 Å². The predicted octanol–water partition coefficient (Wildman–Crippen LogP) is 2.21. The summed E-state index contributed by atoms with van der Waals surface area (Å²) in [6.45, 7) is 0.0587. The van der Waals surface area contributed by atoms with Gasteiger partial charge in [0.05, 0.1) is 17.8 Å². The molecule has 0 unspecified atom stereocenters. The van der Waals surface area contributed by atoms with Gasteiger partial charge in [0, 0.05) is 24.8 Å². The number of nitrogens with one attached hydrogen (secondary N) is 1. The molecule has 0 saturated carbocycles. The van der Waals surface area contributed by atoms with Crippen LogP contribution in [-0.4, -0.2) is 60.2 Å². The summed E-state index contributed by atoms with van der Waals surface area (Å²) in [5, 5.41) is 21.5. The minimum Gasteiger partial charge on any atom is -0.386 e. The van der Waals surface area contributed by atoms with E-state index in [2.05, 4.69) is 11.1 Å². The van der Waals surface area contributed by atoms with Crippen molar-refractivity contribution in [1.29, 1.82) is 5.26 Å². The number of rotatable bonds is 7. The lowest BCUT2D eigenvalue weighted by molar-refractivity contribution is -0.133. The van der Waals surface area contributed by atoms with E-state index in [1.165, 1.54) is 12.1 Å². The van der Waals surface area contributed by atoms with Gasteiger partial charge in [0.2, 0.25) is 0 Å². The van der Waals surface area contributed by atoms with Crippen molar-refractivity contribution >= 4 is 5.91 Å². The zero-order chi connectivity index (χ0) is 21.9. The van der Waals surface area contributed by atoms with Gasteiger partial charge in [0.1, 0.15) is 18.2 Å². The molecule has 3 rings (SSSR count). The van der Waals surface area contributed by atoms with Crippen molar-refractivity contribution in [3.05, 3.63) is 53.9 Å². The number of hydrogen-bond acceptors (Lipinski definition) is 5. The molecule has 1 aromatic heterocycles. The van der Waals surface area contributed by atoms with Gasteiger partial charge < -0.3 is 15.3 Å². The Morgan fingerprint density at radius 1 is 1.27 bits per heavy atom. The summed E-state index contributed by atoms with van der Waals surface area (Å²) in [5.41, 5.74) is 1.95. The molecule has 0 radical (unpaired) electrons. The van der Waals surface area contributed by atoms with Crippen molar-refractivity contribution in [2.45, 2.75) is 24.0 Å². The molecule has 2 atom stereocenters. The molecule has 30 heavy (non-hydrogen) atoms. The van der Waals surface area contributed by atoms with Crippen LogP contribution in [0.15, 0.2) is 42.6 Å². The number of aromatic nitrogens is 1. The zero-order valence-corrected chi connectivity index (χ0v) is 16.2. The van der Waals surface area contributed by atoms with Crippen molar-refractivity contribution < 1.29 is 23.1 Å². The number of aliphatic hydroxyl groups is 1. The van der Waals surface area contributed by atoms with Crippen molar-refractivity contribution in [1.82, 2.24) is 15.2 Å². The summed E-state index contributed by atoms with van der Waals surface area (Å²) < 4.78 is 37.8. The van der Waals surface area contributed by atoms with Crippen molar-refractivity contribution in [3.63, 3.8) is 0 Å². The van der Waals surface area contributed by atoms with E-state index in [1.807, 2.05) is 24.1 Å². The second kappa shape index (κ2) is 8.81. The van der Waals surface area contributed by atoms with Gasteiger partial charge >= 0.3 is 6.43 Å². The first-order valence-corrected chi connectivity index (χ1v) is 9.29. The topological polar surface area (TPSA) is 89.3 Å². The number of likely N-dealkylation sites (N-methyl/N-ethyl adjacent to an activating group) is 1. The van der Waals surface area contributed by atoms with Gasteiger partial charge in [0.25, 0.3) is 5.91 Å². The highest BCUT2D eigenvalue weighted by atomic mass is 19.3. The number of carbonyl (C=O) groups is 1. The van der Waals surface area contributed by atoms with Crippen LogP contribution in [0.3, 0.4) is 0 Å². The molecular formula is C21H21F3N4O2. The van der Waals surface area contributed by atoms with E-state index in [-0.39, 0.29) is 5.56 Å². The molecule has 1 aliphatic heterocycles.